The van der Waals surface area contributed by atoms with E-state index in [1.54, 1.807) is 7.11 Å². The third-order valence-corrected chi connectivity index (χ3v) is 6.05. The lowest BCUT2D eigenvalue weighted by Gasteiger charge is -2.40. The van der Waals surface area contributed by atoms with Crippen molar-refractivity contribution in [2.75, 3.05) is 45.8 Å². The monoisotopic (exact) mass is 424 g/mol. The van der Waals surface area contributed by atoms with Crippen LogP contribution in [0.3, 0.4) is 0 Å². The van der Waals surface area contributed by atoms with Crippen LogP contribution in [-0.4, -0.2) is 57.7 Å². The first-order valence-electron chi connectivity index (χ1n) is 10.8. The zero-order valence-electron chi connectivity index (χ0n) is 18.9. The lowest BCUT2D eigenvalue weighted by molar-refractivity contribution is -0.158. The highest BCUT2D eigenvalue weighted by Gasteiger charge is 2.43. The number of ether oxygens (including phenoxy) is 2. The molecule has 0 radical (unpaired) electrons. The molecule has 0 aliphatic carbocycles. The van der Waals surface area contributed by atoms with Gasteiger partial charge in [-0.05, 0) is 68.1 Å². The minimum Gasteiger partial charge on any atom is -0.497 e. The molecule has 166 valence electrons. The Kier molecular flexibility index (Phi) is 7.21. The van der Waals surface area contributed by atoms with Gasteiger partial charge in [-0.25, -0.2) is 0 Å². The molecule has 6 nitrogen and oxygen atoms in total. The molecule has 0 N–H and O–H groups in total. The summed E-state index contributed by atoms with van der Waals surface area (Å²) >= 11 is 0. The van der Waals surface area contributed by atoms with E-state index in [9.17, 15) is 9.59 Å². The maximum absolute atomic E-state index is 13.0. The number of nitrogens with zero attached hydrogens (tertiary/aromatic N) is 2. The van der Waals surface area contributed by atoms with Gasteiger partial charge in [-0.15, -0.1) is 0 Å². The Balaban J connectivity index is 1.72. The van der Waals surface area contributed by atoms with Crippen LogP contribution in [0.25, 0.3) is 0 Å². The summed E-state index contributed by atoms with van der Waals surface area (Å²) in [4.78, 5) is 29.8. The van der Waals surface area contributed by atoms with Crippen molar-refractivity contribution < 1.29 is 19.1 Å². The molecular formula is C25H32N2O4. The van der Waals surface area contributed by atoms with Gasteiger partial charge in [0.05, 0.1) is 19.1 Å². The summed E-state index contributed by atoms with van der Waals surface area (Å²) in [5.41, 5.74) is 2.17. The van der Waals surface area contributed by atoms with Crippen molar-refractivity contribution in [1.82, 2.24) is 4.90 Å². The first-order valence-corrected chi connectivity index (χ1v) is 10.8. The van der Waals surface area contributed by atoms with Crippen LogP contribution in [0.1, 0.15) is 35.7 Å². The second kappa shape index (κ2) is 9.86. The van der Waals surface area contributed by atoms with Crippen molar-refractivity contribution in [3.05, 3.63) is 59.7 Å². The molecule has 0 bridgehead atoms. The molecule has 0 atom stereocenters. The van der Waals surface area contributed by atoms with E-state index in [0.717, 1.165) is 17.0 Å². The van der Waals surface area contributed by atoms with Crippen molar-refractivity contribution in [2.24, 2.45) is 5.41 Å². The van der Waals surface area contributed by atoms with E-state index in [2.05, 4.69) is 0 Å². The van der Waals surface area contributed by atoms with Gasteiger partial charge < -0.3 is 19.3 Å². The van der Waals surface area contributed by atoms with Crippen LogP contribution >= 0.6 is 0 Å². The zero-order chi connectivity index (χ0) is 22.4. The minimum absolute atomic E-state index is 0.00668. The van der Waals surface area contributed by atoms with E-state index in [1.165, 1.54) is 0 Å². The molecule has 0 spiro atoms. The van der Waals surface area contributed by atoms with E-state index in [1.807, 2.05) is 79.3 Å². The number of benzene rings is 2. The number of methoxy groups -OCH3 is 1. The molecule has 1 saturated heterocycles. The van der Waals surface area contributed by atoms with Gasteiger partial charge in [-0.3, -0.25) is 9.59 Å². The fourth-order valence-corrected chi connectivity index (χ4v) is 4.09. The fourth-order valence-electron chi connectivity index (χ4n) is 4.09. The zero-order valence-corrected chi connectivity index (χ0v) is 18.9. The number of carbonyl (C=O) groups excluding carboxylic acids is 2. The van der Waals surface area contributed by atoms with Gasteiger partial charge in [-0.1, -0.05) is 12.1 Å². The summed E-state index contributed by atoms with van der Waals surface area (Å²) in [5.74, 6) is 0.620. The van der Waals surface area contributed by atoms with Crippen LogP contribution in [-0.2, 0) is 16.0 Å². The van der Waals surface area contributed by atoms with Gasteiger partial charge in [0.15, 0.2) is 0 Å². The van der Waals surface area contributed by atoms with E-state index in [0.29, 0.717) is 44.5 Å². The van der Waals surface area contributed by atoms with Gasteiger partial charge in [-0.2, -0.15) is 0 Å². The highest BCUT2D eigenvalue weighted by Crippen LogP contribution is 2.37. The molecule has 1 aliphatic heterocycles. The second-order valence-electron chi connectivity index (χ2n) is 8.26. The predicted molar refractivity (Wildman–Crippen MR) is 122 cm³/mol. The van der Waals surface area contributed by atoms with Gasteiger partial charge in [0, 0.05) is 38.4 Å². The lowest BCUT2D eigenvalue weighted by Crippen LogP contribution is -2.48. The summed E-state index contributed by atoms with van der Waals surface area (Å²) in [6, 6.07) is 15.4. The molecule has 0 aromatic heterocycles. The van der Waals surface area contributed by atoms with Gasteiger partial charge >= 0.3 is 5.97 Å². The average Bonchev–Trinajstić information content (AvgIpc) is 2.80. The Morgan fingerprint density at radius 3 is 2.13 bits per heavy atom. The number of amides is 1. The van der Waals surface area contributed by atoms with Crippen molar-refractivity contribution in [2.45, 2.75) is 26.2 Å². The highest BCUT2D eigenvalue weighted by atomic mass is 16.5. The van der Waals surface area contributed by atoms with Crippen molar-refractivity contribution in [1.29, 1.82) is 0 Å². The Labute approximate surface area is 184 Å². The van der Waals surface area contributed by atoms with Crippen LogP contribution in [0.15, 0.2) is 48.5 Å². The third kappa shape index (κ3) is 5.19. The predicted octanol–water partition coefficient (Wildman–Crippen LogP) is 3.79. The number of hydrogen-bond donors (Lipinski definition) is 0. The van der Waals surface area contributed by atoms with Crippen molar-refractivity contribution >= 4 is 17.6 Å². The average molecular weight is 425 g/mol. The van der Waals surface area contributed by atoms with Crippen LogP contribution in [0.4, 0.5) is 5.69 Å². The summed E-state index contributed by atoms with van der Waals surface area (Å²) < 4.78 is 10.7. The van der Waals surface area contributed by atoms with Gasteiger partial charge in [0.1, 0.15) is 5.75 Å². The number of carbonyl (C=O) groups is 2. The largest absolute Gasteiger partial charge is 0.497 e. The Bertz CT molecular complexity index is 883. The smallest absolute Gasteiger partial charge is 0.312 e. The Hall–Kier alpha value is -3.02. The second-order valence-corrected chi connectivity index (χ2v) is 8.26. The fraction of sp³-hybridized carbons (Fsp3) is 0.440. The Morgan fingerprint density at radius 1 is 1.00 bits per heavy atom. The molecule has 3 rings (SSSR count). The number of piperidine rings is 1. The van der Waals surface area contributed by atoms with E-state index >= 15 is 0 Å². The number of anilines is 1. The molecule has 1 aliphatic rings. The SMILES string of the molecule is CCOC(=O)C1(Cc2ccc(OC)cc2)CCN(C(=O)c2ccc(N(C)C)cc2)CC1. The van der Waals surface area contributed by atoms with E-state index in [-0.39, 0.29) is 11.9 Å². The molecular weight excluding hydrogens is 392 g/mol. The summed E-state index contributed by atoms with van der Waals surface area (Å²) in [6.45, 7) is 3.24. The number of likely N-dealkylation sites (tertiary alicyclic amines) is 1. The van der Waals surface area contributed by atoms with Crippen LogP contribution in [0.2, 0.25) is 0 Å². The van der Waals surface area contributed by atoms with Crippen molar-refractivity contribution in [3.8, 4) is 5.75 Å². The molecule has 2 aromatic rings. The number of hydrogen-bond acceptors (Lipinski definition) is 5. The molecule has 31 heavy (non-hydrogen) atoms. The summed E-state index contributed by atoms with van der Waals surface area (Å²) in [6.07, 6.45) is 1.76. The van der Waals surface area contributed by atoms with Crippen molar-refractivity contribution in [3.63, 3.8) is 0 Å². The maximum Gasteiger partial charge on any atom is 0.312 e. The normalized spacial score (nSPS) is 15.3. The number of esters is 1. The van der Waals surface area contributed by atoms with Gasteiger partial charge in [0.25, 0.3) is 5.91 Å². The molecule has 1 heterocycles. The molecule has 6 heteroatoms. The Morgan fingerprint density at radius 2 is 1.61 bits per heavy atom. The maximum atomic E-state index is 13.0. The molecule has 2 aromatic carbocycles. The van der Waals surface area contributed by atoms with E-state index in [4.69, 9.17) is 9.47 Å². The van der Waals surface area contributed by atoms with Gasteiger partial charge in [0.2, 0.25) is 0 Å². The first kappa shape index (κ1) is 22.7. The molecule has 0 unspecified atom stereocenters. The quantitative estimate of drug-likeness (QED) is 0.633. The van der Waals surface area contributed by atoms with Crippen LogP contribution in [0.5, 0.6) is 5.75 Å². The van der Waals surface area contributed by atoms with E-state index < -0.39 is 5.41 Å². The third-order valence-electron chi connectivity index (χ3n) is 6.05. The summed E-state index contributed by atoms with van der Waals surface area (Å²) in [7, 11) is 5.58. The van der Waals surface area contributed by atoms with Crippen LogP contribution < -0.4 is 9.64 Å². The minimum atomic E-state index is -0.615. The first-order chi connectivity index (χ1) is 14.9. The summed E-state index contributed by atoms with van der Waals surface area (Å²) in [5, 5.41) is 0. The molecule has 1 amide bonds. The lowest BCUT2D eigenvalue weighted by atomic mass is 9.73. The topological polar surface area (TPSA) is 59.1 Å². The molecule has 0 saturated carbocycles. The molecule has 1 fully saturated rings. The highest BCUT2D eigenvalue weighted by molar-refractivity contribution is 5.94. The number of rotatable bonds is 7. The van der Waals surface area contributed by atoms with Crippen LogP contribution in [0, 0.1) is 5.41 Å². The standard InChI is InChI=1S/C25H32N2O4/c1-5-31-24(29)25(18-19-6-12-22(30-4)13-7-19)14-16-27(17-15-25)23(28)20-8-10-21(11-9-20)26(2)3/h6-13H,5,14-18H2,1-4H3.